The van der Waals surface area contributed by atoms with E-state index in [1.54, 1.807) is 7.11 Å². The largest absolute Gasteiger partial charge is 0.497 e. The molecule has 1 fully saturated rings. The molecule has 6 heteroatoms. The molecule has 1 unspecified atom stereocenters. The number of piperazine rings is 1. The molecule has 0 bridgehead atoms. The number of nitrogens with zero attached hydrogens (tertiary/aromatic N) is 2. The summed E-state index contributed by atoms with van der Waals surface area (Å²) in [4.78, 5) is 22.7. The molecule has 6 nitrogen and oxygen atoms in total. The number of ether oxygens (including phenoxy) is 1. The van der Waals surface area contributed by atoms with Gasteiger partial charge in [0.2, 0.25) is 5.91 Å². The van der Waals surface area contributed by atoms with Crippen molar-refractivity contribution in [2.45, 2.75) is 25.8 Å². The third kappa shape index (κ3) is 3.87. The quantitative estimate of drug-likeness (QED) is 0.716. The summed E-state index contributed by atoms with van der Waals surface area (Å²) in [6, 6.07) is 14.3. The number of hydrogen-bond donors (Lipinski definition) is 2. The normalized spacial score (nSPS) is 17.1. The molecule has 3 aromatic rings. The number of carbonyl (C=O) groups is 1. The van der Waals surface area contributed by atoms with Gasteiger partial charge in [-0.05, 0) is 36.2 Å². The summed E-state index contributed by atoms with van der Waals surface area (Å²) in [6.07, 6.45) is 1.10. The highest BCUT2D eigenvalue weighted by Gasteiger charge is 2.24. The Morgan fingerprint density at radius 3 is 2.82 bits per heavy atom. The molecule has 146 valence electrons. The zero-order valence-electron chi connectivity index (χ0n) is 16.4. The lowest BCUT2D eigenvalue weighted by Crippen LogP contribution is -2.48. The number of para-hydroxylation sites is 1. The van der Waals surface area contributed by atoms with Gasteiger partial charge in [-0.1, -0.05) is 24.3 Å². The Morgan fingerprint density at radius 2 is 2.07 bits per heavy atom. The fraction of sp³-hybridized carbons (Fsp3) is 0.364. The van der Waals surface area contributed by atoms with E-state index in [2.05, 4.69) is 40.4 Å². The van der Waals surface area contributed by atoms with Crippen molar-refractivity contribution in [3.8, 4) is 5.75 Å². The van der Waals surface area contributed by atoms with E-state index in [1.807, 2.05) is 29.2 Å². The van der Waals surface area contributed by atoms with E-state index in [1.165, 1.54) is 5.56 Å². The predicted molar refractivity (Wildman–Crippen MR) is 109 cm³/mol. The molecule has 0 spiro atoms. The number of aryl methyl sites for hydroxylation is 2. The first-order chi connectivity index (χ1) is 13.6. The Bertz CT molecular complexity index is 964. The summed E-state index contributed by atoms with van der Waals surface area (Å²) < 4.78 is 5.23. The third-order valence-electron chi connectivity index (χ3n) is 5.39. The van der Waals surface area contributed by atoms with Gasteiger partial charge < -0.3 is 19.9 Å². The summed E-state index contributed by atoms with van der Waals surface area (Å²) >= 11 is 0. The first-order valence-corrected chi connectivity index (χ1v) is 9.73. The van der Waals surface area contributed by atoms with Crippen molar-refractivity contribution in [1.82, 2.24) is 20.2 Å². The van der Waals surface area contributed by atoms with Gasteiger partial charge in [-0.2, -0.15) is 0 Å². The second kappa shape index (κ2) is 8.02. The van der Waals surface area contributed by atoms with Crippen LogP contribution in [0, 0.1) is 6.92 Å². The number of nitrogens with one attached hydrogen (secondary N) is 2. The third-order valence-corrected chi connectivity index (χ3v) is 5.39. The Hall–Kier alpha value is -2.86. The van der Waals surface area contributed by atoms with Crippen LogP contribution in [0.5, 0.6) is 5.75 Å². The molecule has 0 radical (unpaired) electrons. The van der Waals surface area contributed by atoms with Crippen LogP contribution in [0.25, 0.3) is 11.0 Å². The molecule has 2 aromatic carbocycles. The molecule has 2 heterocycles. The number of methoxy groups -OCH3 is 1. The average Bonchev–Trinajstić information content (AvgIpc) is 3.17. The molecule has 0 aliphatic carbocycles. The van der Waals surface area contributed by atoms with Crippen molar-refractivity contribution in [1.29, 1.82) is 0 Å². The standard InChI is InChI=1S/C22H26N4O2/c1-15-4-3-5-18-22(15)25-20(24-18)10-11-21(27)26-13-12-23-19(14-26)16-6-8-17(28-2)9-7-16/h3-9,19,23H,10-14H2,1-2H3,(H,24,25). The average molecular weight is 378 g/mol. The number of amides is 1. The van der Waals surface area contributed by atoms with Gasteiger partial charge in [-0.3, -0.25) is 4.79 Å². The molecule has 1 amide bonds. The van der Waals surface area contributed by atoms with Gasteiger partial charge in [-0.15, -0.1) is 0 Å². The molecular formula is C22H26N4O2. The zero-order chi connectivity index (χ0) is 19.5. The van der Waals surface area contributed by atoms with Gasteiger partial charge in [0, 0.05) is 38.5 Å². The molecule has 1 aromatic heterocycles. The van der Waals surface area contributed by atoms with Crippen LogP contribution in [0.2, 0.25) is 0 Å². The van der Waals surface area contributed by atoms with Crippen LogP contribution < -0.4 is 10.1 Å². The lowest BCUT2D eigenvalue weighted by molar-refractivity contribution is -0.132. The SMILES string of the molecule is COc1ccc(C2CN(C(=O)CCc3nc4c(C)cccc4[nH]3)CCN2)cc1. The summed E-state index contributed by atoms with van der Waals surface area (Å²) in [5.41, 5.74) is 4.35. The van der Waals surface area contributed by atoms with Crippen LogP contribution in [0.3, 0.4) is 0 Å². The van der Waals surface area contributed by atoms with Crippen LogP contribution >= 0.6 is 0 Å². The van der Waals surface area contributed by atoms with Crippen molar-refractivity contribution >= 4 is 16.9 Å². The molecular weight excluding hydrogens is 352 g/mol. The van der Waals surface area contributed by atoms with Gasteiger partial charge in [0.15, 0.2) is 0 Å². The van der Waals surface area contributed by atoms with E-state index >= 15 is 0 Å². The molecule has 1 aliphatic heterocycles. The van der Waals surface area contributed by atoms with Crippen molar-refractivity contribution in [2.75, 3.05) is 26.7 Å². The van der Waals surface area contributed by atoms with E-state index in [-0.39, 0.29) is 11.9 Å². The number of fused-ring (bicyclic) bond motifs is 1. The van der Waals surface area contributed by atoms with E-state index in [9.17, 15) is 4.79 Å². The number of aromatic amines is 1. The van der Waals surface area contributed by atoms with Gasteiger partial charge >= 0.3 is 0 Å². The van der Waals surface area contributed by atoms with Crippen molar-refractivity contribution in [3.05, 3.63) is 59.4 Å². The topological polar surface area (TPSA) is 70.2 Å². The van der Waals surface area contributed by atoms with E-state index in [0.29, 0.717) is 19.4 Å². The summed E-state index contributed by atoms with van der Waals surface area (Å²) in [5, 5.41) is 3.50. The number of H-pyrrole nitrogens is 1. The number of benzene rings is 2. The van der Waals surface area contributed by atoms with Gasteiger partial charge in [0.1, 0.15) is 11.6 Å². The number of carbonyl (C=O) groups excluding carboxylic acids is 1. The zero-order valence-corrected chi connectivity index (χ0v) is 16.4. The lowest BCUT2D eigenvalue weighted by atomic mass is 10.0. The second-order valence-electron chi connectivity index (χ2n) is 7.27. The highest BCUT2D eigenvalue weighted by molar-refractivity contribution is 5.79. The van der Waals surface area contributed by atoms with E-state index < -0.39 is 0 Å². The number of rotatable bonds is 5. The highest BCUT2D eigenvalue weighted by Crippen LogP contribution is 2.21. The van der Waals surface area contributed by atoms with Gasteiger partial charge in [0.25, 0.3) is 0 Å². The summed E-state index contributed by atoms with van der Waals surface area (Å²) in [7, 11) is 1.66. The Balaban J connectivity index is 1.37. The first kappa shape index (κ1) is 18.5. The van der Waals surface area contributed by atoms with Crippen molar-refractivity contribution in [3.63, 3.8) is 0 Å². The van der Waals surface area contributed by atoms with E-state index in [0.717, 1.165) is 41.3 Å². The van der Waals surface area contributed by atoms with Crippen LogP contribution in [0.4, 0.5) is 0 Å². The Morgan fingerprint density at radius 1 is 1.25 bits per heavy atom. The fourth-order valence-electron chi connectivity index (χ4n) is 3.76. The predicted octanol–water partition coefficient (Wildman–Crippen LogP) is 2.99. The van der Waals surface area contributed by atoms with E-state index in [4.69, 9.17) is 4.74 Å². The first-order valence-electron chi connectivity index (χ1n) is 9.73. The molecule has 0 saturated carbocycles. The molecule has 1 saturated heterocycles. The maximum absolute atomic E-state index is 12.8. The van der Waals surface area contributed by atoms with Gasteiger partial charge in [-0.25, -0.2) is 4.98 Å². The number of aromatic nitrogens is 2. The molecule has 28 heavy (non-hydrogen) atoms. The minimum absolute atomic E-state index is 0.150. The Kier molecular flexibility index (Phi) is 5.30. The number of imidazole rings is 1. The summed E-state index contributed by atoms with van der Waals surface area (Å²) in [6.45, 7) is 4.28. The Labute approximate surface area is 164 Å². The molecule has 1 atom stereocenters. The molecule has 2 N–H and O–H groups in total. The molecule has 4 rings (SSSR count). The van der Waals surface area contributed by atoms with Crippen LogP contribution in [-0.4, -0.2) is 47.5 Å². The molecule has 1 aliphatic rings. The lowest BCUT2D eigenvalue weighted by Gasteiger charge is -2.34. The summed E-state index contributed by atoms with van der Waals surface area (Å²) in [5.74, 6) is 1.89. The minimum atomic E-state index is 0.150. The van der Waals surface area contributed by atoms with Crippen molar-refractivity contribution in [2.24, 2.45) is 0 Å². The van der Waals surface area contributed by atoms with Gasteiger partial charge in [0.05, 0.1) is 18.1 Å². The van der Waals surface area contributed by atoms with Crippen LogP contribution in [0.1, 0.15) is 29.4 Å². The maximum atomic E-state index is 12.8. The fourth-order valence-corrected chi connectivity index (χ4v) is 3.76. The highest BCUT2D eigenvalue weighted by atomic mass is 16.5. The minimum Gasteiger partial charge on any atom is -0.497 e. The second-order valence-corrected chi connectivity index (χ2v) is 7.27. The van der Waals surface area contributed by atoms with Crippen molar-refractivity contribution < 1.29 is 9.53 Å². The van der Waals surface area contributed by atoms with Crippen LogP contribution in [0.15, 0.2) is 42.5 Å². The smallest absolute Gasteiger partial charge is 0.223 e. The number of hydrogen-bond acceptors (Lipinski definition) is 4. The monoisotopic (exact) mass is 378 g/mol. The maximum Gasteiger partial charge on any atom is 0.223 e. The van der Waals surface area contributed by atoms with Crippen LogP contribution in [-0.2, 0) is 11.2 Å².